The van der Waals surface area contributed by atoms with Gasteiger partial charge in [0.05, 0.1) is 5.56 Å². The maximum atomic E-state index is 12.3. The van der Waals surface area contributed by atoms with Gasteiger partial charge in [-0.15, -0.1) is 0 Å². The fraction of sp³-hybridized carbons (Fsp3) is 0.333. The topological polar surface area (TPSA) is 58.7 Å². The molecule has 0 saturated carbocycles. The molecular formula is C15H16BrN3O3. The van der Waals surface area contributed by atoms with Crippen LogP contribution in [0.3, 0.4) is 0 Å². The molecule has 1 aliphatic rings. The highest BCUT2D eigenvalue weighted by Gasteiger charge is 2.27. The molecule has 1 saturated heterocycles. The quantitative estimate of drug-likeness (QED) is 0.817. The molecule has 0 atom stereocenters. The second-order valence-corrected chi connectivity index (χ2v) is 6.04. The van der Waals surface area contributed by atoms with E-state index < -0.39 is 0 Å². The van der Waals surface area contributed by atoms with E-state index in [2.05, 4.69) is 15.9 Å². The molecule has 116 valence electrons. The molecule has 0 radical (unpaired) electrons. The summed E-state index contributed by atoms with van der Waals surface area (Å²) in [5.74, 6) is 0.181. The minimum atomic E-state index is -0.141. The van der Waals surface area contributed by atoms with Crippen molar-refractivity contribution in [2.24, 2.45) is 7.05 Å². The van der Waals surface area contributed by atoms with E-state index in [0.29, 0.717) is 42.2 Å². The lowest BCUT2D eigenvalue weighted by molar-refractivity contribution is 0.0517. The smallest absolute Gasteiger partial charge is 0.289 e. The summed E-state index contributed by atoms with van der Waals surface area (Å²) < 4.78 is 7.67. The number of halogens is 1. The van der Waals surface area contributed by atoms with E-state index in [-0.39, 0.29) is 11.8 Å². The number of furan rings is 1. The number of carbonyl (C=O) groups excluding carboxylic acids is 2. The normalized spacial score (nSPS) is 15.2. The van der Waals surface area contributed by atoms with Gasteiger partial charge in [0, 0.05) is 45.6 Å². The van der Waals surface area contributed by atoms with Crippen LogP contribution in [0.25, 0.3) is 0 Å². The zero-order chi connectivity index (χ0) is 15.7. The Labute approximate surface area is 136 Å². The molecule has 0 bridgehead atoms. The number of piperazine rings is 1. The summed E-state index contributed by atoms with van der Waals surface area (Å²) >= 11 is 3.19. The minimum absolute atomic E-state index is 0.00782. The largest absolute Gasteiger partial charge is 0.444 e. The summed E-state index contributed by atoms with van der Waals surface area (Å²) in [6.07, 6.45) is 3.65. The molecule has 2 amide bonds. The maximum absolute atomic E-state index is 12.3. The summed E-state index contributed by atoms with van der Waals surface area (Å²) in [5.41, 5.74) is 0.678. The van der Waals surface area contributed by atoms with Gasteiger partial charge in [-0.25, -0.2) is 0 Å². The van der Waals surface area contributed by atoms with Gasteiger partial charge in [-0.2, -0.15) is 0 Å². The van der Waals surface area contributed by atoms with E-state index in [1.165, 1.54) is 0 Å². The Kier molecular flexibility index (Phi) is 4.06. The maximum Gasteiger partial charge on any atom is 0.289 e. The zero-order valence-corrected chi connectivity index (χ0v) is 13.7. The Hall–Kier alpha value is -2.02. The third-order valence-electron chi connectivity index (χ3n) is 3.72. The second-order valence-electron chi connectivity index (χ2n) is 5.25. The number of aryl methyl sites for hydroxylation is 1. The summed E-state index contributed by atoms with van der Waals surface area (Å²) in [6.45, 7) is 2.08. The number of amides is 2. The van der Waals surface area contributed by atoms with Crippen molar-refractivity contribution in [2.45, 2.75) is 0 Å². The molecule has 1 aliphatic heterocycles. The number of hydrogen-bond acceptors (Lipinski definition) is 3. The van der Waals surface area contributed by atoms with Gasteiger partial charge >= 0.3 is 0 Å². The van der Waals surface area contributed by atoms with Gasteiger partial charge in [0.1, 0.15) is 0 Å². The van der Waals surface area contributed by atoms with E-state index >= 15 is 0 Å². The third-order valence-corrected chi connectivity index (χ3v) is 4.14. The Morgan fingerprint density at radius 1 is 1.05 bits per heavy atom. The predicted molar refractivity (Wildman–Crippen MR) is 83.6 cm³/mol. The highest BCUT2D eigenvalue weighted by Crippen LogP contribution is 2.17. The van der Waals surface area contributed by atoms with Crippen LogP contribution in [0, 0.1) is 0 Å². The highest BCUT2D eigenvalue weighted by atomic mass is 79.9. The molecule has 0 unspecified atom stereocenters. The molecule has 3 rings (SSSR count). The molecule has 7 heteroatoms. The van der Waals surface area contributed by atoms with Gasteiger partial charge in [0.2, 0.25) is 0 Å². The summed E-state index contributed by atoms with van der Waals surface area (Å²) in [5, 5.41) is 0. The van der Waals surface area contributed by atoms with Gasteiger partial charge in [-0.3, -0.25) is 9.59 Å². The Morgan fingerprint density at radius 2 is 1.68 bits per heavy atom. The number of rotatable bonds is 2. The summed E-state index contributed by atoms with van der Waals surface area (Å²) in [4.78, 5) is 28.1. The summed E-state index contributed by atoms with van der Waals surface area (Å²) in [6, 6.07) is 5.15. The Morgan fingerprint density at radius 3 is 2.18 bits per heavy atom. The molecule has 0 aromatic carbocycles. The molecule has 0 aliphatic carbocycles. The number of carbonyl (C=O) groups is 2. The van der Waals surface area contributed by atoms with Gasteiger partial charge in [0.15, 0.2) is 10.4 Å². The van der Waals surface area contributed by atoms with Crippen LogP contribution in [0.2, 0.25) is 0 Å². The third kappa shape index (κ3) is 2.94. The summed E-state index contributed by atoms with van der Waals surface area (Å²) in [7, 11) is 1.88. The average molecular weight is 366 g/mol. The monoisotopic (exact) mass is 365 g/mol. The first kappa shape index (κ1) is 14.9. The van der Waals surface area contributed by atoms with Crippen molar-refractivity contribution < 1.29 is 14.0 Å². The van der Waals surface area contributed by atoms with Gasteiger partial charge in [0.25, 0.3) is 11.8 Å². The molecule has 0 spiro atoms. The van der Waals surface area contributed by atoms with Crippen molar-refractivity contribution in [2.75, 3.05) is 26.2 Å². The van der Waals surface area contributed by atoms with Crippen molar-refractivity contribution in [3.8, 4) is 0 Å². The first-order valence-electron chi connectivity index (χ1n) is 7.00. The number of hydrogen-bond donors (Lipinski definition) is 0. The van der Waals surface area contributed by atoms with Gasteiger partial charge in [-0.1, -0.05) is 0 Å². The number of nitrogens with zero attached hydrogens (tertiary/aromatic N) is 3. The minimum Gasteiger partial charge on any atom is -0.444 e. The highest BCUT2D eigenvalue weighted by molar-refractivity contribution is 9.10. The lowest BCUT2D eigenvalue weighted by Gasteiger charge is -2.34. The molecule has 2 aromatic rings. The van der Waals surface area contributed by atoms with Gasteiger partial charge < -0.3 is 18.8 Å². The SMILES string of the molecule is Cn1ccc(C(=O)N2CCN(C(=O)c3ccc(Br)o3)CC2)c1. The molecule has 3 heterocycles. The van der Waals surface area contributed by atoms with E-state index in [1.807, 2.05) is 17.8 Å². The van der Waals surface area contributed by atoms with E-state index in [1.54, 1.807) is 34.2 Å². The van der Waals surface area contributed by atoms with Gasteiger partial charge in [-0.05, 0) is 34.1 Å². The average Bonchev–Trinajstić information content (AvgIpc) is 3.14. The molecule has 2 aromatic heterocycles. The fourth-order valence-electron chi connectivity index (χ4n) is 2.51. The molecule has 0 N–H and O–H groups in total. The molecular weight excluding hydrogens is 350 g/mol. The second kappa shape index (κ2) is 6.00. The van der Waals surface area contributed by atoms with Crippen LogP contribution in [-0.2, 0) is 7.05 Å². The molecule has 22 heavy (non-hydrogen) atoms. The van der Waals surface area contributed by atoms with Crippen LogP contribution in [0.4, 0.5) is 0 Å². The standard InChI is InChI=1S/C15H16BrN3O3/c1-17-5-4-11(10-17)14(20)18-6-8-19(9-7-18)15(21)12-2-3-13(16)22-12/h2-5,10H,6-9H2,1H3. The zero-order valence-electron chi connectivity index (χ0n) is 12.2. The Bertz CT molecular complexity index is 638. The lowest BCUT2D eigenvalue weighted by Crippen LogP contribution is -2.50. The van der Waals surface area contributed by atoms with E-state index in [0.717, 1.165) is 0 Å². The van der Waals surface area contributed by atoms with Crippen LogP contribution < -0.4 is 0 Å². The lowest BCUT2D eigenvalue weighted by atomic mass is 10.2. The van der Waals surface area contributed by atoms with E-state index in [4.69, 9.17) is 4.42 Å². The van der Waals surface area contributed by atoms with Crippen LogP contribution in [0.5, 0.6) is 0 Å². The molecule has 1 fully saturated rings. The first-order valence-corrected chi connectivity index (χ1v) is 7.80. The van der Waals surface area contributed by atoms with Crippen LogP contribution >= 0.6 is 15.9 Å². The molecule has 6 nitrogen and oxygen atoms in total. The van der Waals surface area contributed by atoms with Crippen LogP contribution in [0.1, 0.15) is 20.9 Å². The Balaban J connectivity index is 1.60. The fourth-order valence-corrected chi connectivity index (χ4v) is 2.82. The number of aromatic nitrogens is 1. The van der Waals surface area contributed by atoms with Crippen LogP contribution in [0.15, 0.2) is 39.7 Å². The predicted octanol–water partition coefficient (Wildman–Crippen LogP) is 1.98. The van der Waals surface area contributed by atoms with Crippen molar-refractivity contribution in [1.29, 1.82) is 0 Å². The van der Waals surface area contributed by atoms with E-state index in [9.17, 15) is 9.59 Å². The first-order chi connectivity index (χ1) is 10.5. The van der Waals surface area contributed by atoms with Crippen molar-refractivity contribution in [3.05, 3.63) is 46.6 Å². The van der Waals surface area contributed by atoms with Crippen LogP contribution in [-0.4, -0.2) is 52.4 Å². The van der Waals surface area contributed by atoms with Crippen molar-refractivity contribution >= 4 is 27.7 Å². The van der Waals surface area contributed by atoms with Crippen molar-refractivity contribution in [1.82, 2.24) is 14.4 Å². The van der Waals surface area contributed by atoms with Crippen molar-refractivity contribution in [3.63, 3.8) is 0 Å².